The Morgan fingerprint density at radius 2 is 1.80 bits per heavy atom. The largest absolute Gasteiger partial charge is 0.507 e. The molecule has 6 nitrogen and oxygen atoms in total. The van der Waals surface area contributed by atoms with E-state index in [1.165, 1.54) is 34.4 Å². The minimum atomic E-state index is -1.04. The highest BCUT2D eigenvalue weighted by molar-refractivity contribution is 7.22. The Labute approximate surface area is 212 Å². The third-order valence-corrected chi connectivity index (χ3v) is 7.37. The molecule has 1 N–H and O–H groups in total. The minimum Gasteiger partial charge on any atom is -0.507 e. The quantitative estimate of drug-likeness (QED) is 0.189. The van der Waals surface area contributed by atoms with Crippen molar-refractivity contribution in [3.05, 3.63) is 93.2 Å². The van der Waals surface area contributed by atoms with Crippen LogP contribution >= 0.6 is 34.5 Å². The van der Waals surface area contributed by atoms with Crippen molar-refractivity contribution in [3.8, 4) is 5.75 Å². The first kappa shape index (κ1) is 23.3. The van der Waals surface area contributed by atoms with E-state index in [2.05, 4.69) is 4.98 Å². The molecule has 1 aromatic heterocycles. The highest BCUT2D eigenvalue weighted by Gasteiger charge is 2.48. The fourth-order valence-corrected chi connectivity index (χ4v) is 5.24. The maximum absolute atomic E-state index is 13.5. The monoisotopic (exact) mass is 528 g/mol. The number of aliphatic hydroxyl groups is 1. The Balaban J connectivity index is 1.73. The first-order valence-corrected chi connectivity index (χ1v) is 11.8. The molecule has 0 aliphatic carbocycles. The lowest BCUT2D eigenvalue weighted by molar-refractivity contribution is -0.132. The summed E-state index contributed by atoms with van der Waals surface area (Å²) in [6.45, 7) is 0. The average molecular weight is 529 g/mol. The van der Waals surface area contributed by atoms with E-state index in [0.29, 0.717) is 16.8 Å². The molecule has 0 radical (unpaired) electrons. The fourth-order valence-electron chi connectivity index (χ4n) is 3.91. The van der Waals surface area contributed by atoms with E-state index in [4.69, 9.17) is 27.9 Å². The molecule has 5 rings (SSSR count). The van der Waals surface area contributed by atoms with Crippen LogP contribution in [0.1, 0.15) is 17.2 Å². The van der Waals surface area contributed by atoms with Gasteiger partial charge in [-0.2, -0.15) is 0 Å². The summed E-state index contributed by atoms with van der Waals surface area (Å²) in [5.74, 6) is -2.10. The van der Waals surface area contributed by atoms with Crippen LogP contribution in [0.25, 0.3) is 16.0 Å². The third-order valence-electron chi connectivity index (χ3n) is 5.61. The number of halogens is 3. The SMILES string of the molecule is COc1ccc2nc(N3C(=O)C(=O)C(=C(O)c4ccc(F)cc4)C3c3ccc(Cl)c(Cl)c3)sc2c1. The summed E-state index contributed by atoms with van der Waals surface area (Å²) in [7, 11) is 1.54. The molecule has 1 fully saturated rings. The number of aromatic nitrogens is 1. The van der Waals surface area contributed by atoms with E-state index in [1.54, 1.807) is 37.4 Å². The number of aliphatic hydroxyl groups excluding tert-OH is 1. The number of carbonyl (C=O) groups excluding carboxylic acids is 2. The van der Waals surface area contributed by atoms with E-state index < -0.39 is 29.3 Å². The predicted molar refractivity (Wildman–Crippen MR) is 134 cm³/mol. The number of hydrogen-bond acceptors (Lipinski definition) is 6. The number of carbonyl (C=O) groups is 2. The normalized spacial score (nSPS) is 17.4. The number of fused-ring (bicyclic) bond motifs is 1. The summed E-state index contributed by atoms with van der Waals surface area (Å²) in [6.07, 6.45) is 0. The third kappa shape index (κ3) is 4.03. The van der Waals surface area contributed by atoms with Crippen LogP contribution in [-0.4, -0.2) is 28.9 Å². The molecule has 3 aromatic carbocycles. The van der Waals surface area contributed by atoms with Gasteiger partial charge in [0.25, 0.3) is 5.78 Å². The van der Waals surface area contributed by atoms with Crippen molar-refractivity contribution in [2.45, 2.75) is 6.04 Å². The first-order chi connectivity index (χ1) is 16.8. The fraction of sp³-hybridized carbons (Fsp3) is 0.0800. The molecule has 0 saturated carbocycles. The van der Waals surface area contributed by atoms with Crippen molar-refractivity contribution >= 4 is 67.3 Å². The second kappa shape index (κ2) is 8.96. The number of rotatable bonds is 4. The number of amides is 1. The Morgan fingerprint density at radius 3 is 2.49 bits per heavy atom. The zero-order valence-corrected chi connectivity index (χ0v) is 20.3. The van der Waals surface area contributed by atoms with Crippen molar-refractivity contribution < 1.29 is 23.8 Å². The lowest BCUT2D eigenvalue weighted by atomic mass is 9.95. The van der Waals surface area contributed by atoms with Crippen LogP contribution < -0.4 is 9.64 Å². The minimum absolute atomic E-state index is 0.170. The van der Waals surface area contributed by atoms with Gasteiger partial charge >= 0.3 is 5.91 Å². The number of benzene rings is 3. The van der Waals surface area contributed by atoms with E-state index in [9.17, 15) is 19.1 Å². The number of thiazole rings is 1. The molecule has 2 heterocycles. The van der Waals surface area contributed by atoms with Crippen LogP contribution in [0.2, 0.25) is 10.0 Å². The maximum atomic E-state index is 13.5. The first-order valence-electron chi connectivity index (χ1n) is 10.2. The smallest absolute Gasteiger partial charge is 0.301 e. The van der Waals surface area contributed by atoms with Crippen LogP contribution in [0.15, 0.2) is 66.2 Å². The zero-order chi connectivity index (χ0) is 24.9. The van der Waals surface area contributed by atoms with Crippen molar-refractivity contribution in [1.29, 1.82) is 0 Å². The highest BCUT2D eigenvalue weighted by atomic mass is 35.5. The van der Waals surface area contributed by atoms with Gasteiger partial charge in [0.05, 0.1) is 39.0 Å². The van der Waals surface area contributed by atoms with Crippen LogP contribution in [0.5, 0.6) is 5.75 Å². The van der Waals surface area contributed by atoms with Gasteiger partial charge in [0.1, 0.15) is 17.3 Å². The molecule has 1 aliphatic rings. The maximum Gasteiger partial charge on any atom is 0.301 e. The summed E-state index contributed by atoms with van der Waals surface area (Å²) in [5.41, 5.74) is 1.07. The molecule has 0 spiro atoms. The Bertz CT molecular complexity index is 1530. The molecule has 176 valence electrons. The number of anilines is 1. The van der Waals surface area contributed by atoms with Crippen molar-refractivity contribution in [2.75, 3.05) is 12.0 Å². The number of ketones is 1. The number of hydrogen-bond donors (Lipinski definition) is 1. The summed E-state index contributed by atoms with van der Waals surface area (Å²) in [4.78, 5) is 32.3. The summed E-state index contributed by atoms with van der Waals surface area (Å²) < 4.78 is 19.5. The highest BCUT2D eigenvalue weighted by Crippen LogP contribution is 2.45. The lowest BCUT2D eigenvalue weighted by Gasteiger charge is -2.23. The number of ether oxygens (including phenoxy) is 1. The average Bonchev–Trinajstić information content (AvgIpc) is 3.38. The molecule has 0 bridgehead atoms. The Kier molecular flexibility index (Phi) is 5.96. The molecule has 1 unspecified atom stereocenters. The molecule has 1 saturated heterocycles. The van der Waals surface area contributed by atoms with Crippen molar-refractivity contribution in [1.82, 2.24) is 4.98 Å². The topological polar surface area (TPSA) is 79.7 Å². The summed E-state index contributed by atoms with van der Waals surface area (Å²) in [6, 6.07) is 13.9. The van der Waals surface area contributed by atoms with Gasteiger partial charge in [-0.25, -0.2) is 9.37 Å². The number of nitrogens with zero attached hydrogens (tertiary/aromatic N) is 2. The summed E-state index contributed by atoms with van der Waals surface area (Å²) in [5, 5.41) is 11.9. The molecular weight excluding hydrogens is 514 g/mol. The van der Waals surface area contributed by atoms with Gasteiger partial charge in [0, 0.05) is 5.56 Å². The van der Waals surface area contributed by atoms with Crippen molar-refractivity contribution in [3.63, 3.8) is 0 Å². The molecular formula is C25H15Cl2FN2O4S. The van der Waals surface area contributed by atoms with Gasteiger partial charge in [-0.3, -0.25) is 14.5 Å². The van der Waals surface area contributed by atoms with Gasteiger partial charge in [-0.15, -0.1) is 0 Å². The summed E-state index contributed by atoms with van der Waals surface area (Å²) >= 11 is 13.5. The van der Waals surface area contributed by atoms with Crippen molar-refractivity contribution in [2.24, 2.45) is 0 Å². The lowest BCUT2D eigenvalue weighted by Crippen LogP contribution is -2.29. The second-order valence-corrected chi connectivity index (χ2v) is 9.50. The molecule has 1 aliphatic heterocycles. The molecule has 4 aromatic rings. The van der Waals surface area contributed by atoms with Gasteiger partial charge < -0.3 is 9.84 Å². The second-order valence-electron chi connectivity index (χ2n) is 7.68. The van der Waals surface area contributed by atoms with Gasteiger partial charge in [0.15, 0.2) is 5.13 Å². The molecule has 1 amide bonds. The van der Waals surface area contributed by atoms with Crippen LogP contribution in [0.4, 0.5) is 9.52 Å². The van der Waals surface area contributed by atoms with Crippen LogP contribution in [-0.2, 0) is 9.59 Å². The van der Waals surface area contributed by atoms with Gasteiger partial charge in [0.2, 0.25) is 0 Å². The standard InChI is InChI=1S/C25H15Cl2FN2O4S/c1-34-15-7-9-18-19(11-15)35-25(29-18)30-21(13-4-8-16(26)17(27)10-13)20(23(32)24(30)33)22(31)12-2-5-14(28)6-3-12/h2-11,21,31H,1H3. The Morgan fingerprint density at radius 1 is 1.06 bits per heavy atom. The molecule has 10 heteroatoms. The van der Waals surface area contributed by atoms with Crippen LogP contribution in [0.3, 0.4) is 0 Å². The number of methoxy groups -OCH3 is 1. The van der Waals surface area contributed by atoms with Gasteiger partial charge in [-0.1, -0.05) is 40.6 Å². The zero-order valence-electron chi connectivity index (χ0n) is 18.0. The van der Waals surface area contributed by atoms with Crippen LogP contribution in [0, 0.1) is 5.82 Å². The molecule has 35 heavy (non-hydrogen) atoms. The van der Waals surface area contributed by atoms with E-state index >= 15 is 0 Å². The predicted octanol–water partition coefficient (Wildman–Crippen LogP) is 6.38. The number of Topliss-reactive ketones (excluding diaryl/α,β-unsaturated/α-hetero) is 1. The van der Waals surface area contributed by atoms with Gasteiger partial charge in [-0.05, 0) is 60.2 Å². The molecule has 1 atom stereocenters. The Hall–Kier alpha value is -3.46. The van der Waals surface area contributed by atoms with E-state index in [0.717, 1.165) is 16.8 Å². The van der Waals surface area contributed by atoms with E-state index in [-0.39, 0.29) is 26.3 Å². The van der Waals surface area contributed by atoms with E-state index in [1.807, 2.05) is 0 Å².